The molecule has 20 heavy (non-hydrogen) atoms. The van der Waals surface area contributed by atoms with E-state index in [2.05, 4.69) is 10.2 Å². The molecule has 0 radical (unpaired) electrons. The van der Waals surface area contributed by atoms with Gasteiger partial charge < -0.3 is 0 Å². The van der Waals surface area contributed by atoms with Crippen LogP contribution >= 0.6 is 22.9 Å². The van der Waals surface area contributed by atoms with Crippen LogP contribution in [-0.4, -0.2) is 10.2 Å². The molecule has 0 aliphatic carbocycles. The van der Waals surface area contributed by atoms with Gasteiger partial charge in [-0.25, -0.2) is 4.39 Å². The van der Waals surface area contributed by atoms with E-state index in [1.54, 1.807) is 12.1 Å². The van der Waals surface area contributed by atoms with E-state index in [9.17, 15) is 4.39 Å². The molecule has 1 aromatic heterocycles. The zero-order valence-corrected chi connectivity index (χ0v) is 11.9. The molecule has 0 amide bonds. The predicted molar refractivity (Wildman–Crippen MR) is 79.4 cm³/mol. The lowest BCUT2D eigenvalue weighted by Gasteiger charge is -2.04. The van der Waals surface area contributed by atoms with E-state index in [-0.39, 0.29) is 11.2 Å². The van der Waals surface area contributed by atoms with E-state index in [0.717, 1.165) is 21.1 Å². The molecule has 3 aromatic rings. The first kappa shape index (κ1) is 13.2. The smallest absolute Gasteiger partial charge is 0.147 e. The van der Waals surface area contributed by atoms with Gasteiger partial charge in [0.15, 0.2) is 0 Å². The van der Waals surface area contributed by atoms with Crippen LogP contribution in [0, 0.1) is 5.82 Å². The second-order valence-corrected chi connectivity index (χ2v) is 5.67. The quantitative estimate of drug-likeness (QED) is 0.657. The maximum Gasteiger partial charge on any atom is 0.147 e. The first-order valence-electron chi connectivity index (χ1n) is 6.02. The summed E-state index contributed by atoms with van der Waals surface area (Å²) in [4.78, 5) is 0. The minimum atomic E-state index is -0.317. The van der Waals surface area contributed by atoms with Crippen LogP contribution in [0.5, 0.6) is 0 Å². The molecule has 1 unspecified atom stereocenters. The average molecular weight is 305 g/mol. The number of rotatable bonds is 3. The lowest BCUT2D eigenvalue weighted by molar-refractivity contribution is 0.628. The minimum Gasteiger partial charge on any atom is -0.207 e. The Hall–Kier alpha value is -1.78. The van der Waals surface area contributed by atoms with Crippen molar-refractivity contribution >= 4 is 22.9 Å². The summed E-state index contributed by atoms with van der Waals surface area (Å²) in [5, 5.41) is 9.41. The highest BCUT2D eigenvalue weighted by atomic mass is 35.5. The standard InChI is InChI=1S/C15H10ClFN2S/c16-13(10-4-2-1-3-5-10)15-19-18-14(20-15)11-6-8-12(17)9-7-11/h1-9,13H. The Morgan fingerprint density at radius 1 is 0.950 bits per heavy atom. The number of nitrogens with zero attached hydrogens (tertiary/aromatic N) is 2. The third-order valence-electron chi connectivity index (χ3n) is 2.84. The summed E-state index contributed by atoms with van der Waals surface area (Å²) in [6, 6.07) is 15.9. The summed E-state index contributed by atoms with van der Waals surface area (Å²) in [6.45, 7) is 0. The number of alkyl halides is 1. The summed E-state index contributed by atoms with van der Waals surface area (Å²) in [6.07, 6.45) is 0. The molecule has 0 bridgehead atoms. The molecule has 3 rings (SSSR count). The summed E-state index contributed by atoms with van der Waals surface area (Å²) in [5.41, 5.74) is 1.82. The SMILES string of the molecule is Fc1ccc(-c2nnc(C(Cl)c3ccccc3)s2)cc1. The molecule has 0 spiro atoms. The molecule has 1 heterocycles. The first-order chi connectivity index (χ1) is 9.74. The highest BCUT2D eigenvalue weighted by Gasteiger charge is 2.16. The Bertz CT molecular complexity index is 697. The van der Waals surface area contributed by atoms with Crippen LogP contribution in [0.1, 0.15) is 15.9 Å². The summed E-state index contributed by atoms with van der Waals surface area (Å²) in [7, 11) is 0. The Kier molecular flexibility index (Phi) is 3.76. The predicted octanol–water partition coefficient (Wildman–Crippen LogP) is 4.67. The van der Waals surface area contributed by atoms with Gasteiger partial charge in [0.2, 0.25) is 0 Å². The summed E-state index contributed by atoms with van der Waals surface area (Å²) < 4.78 is 12.9. The molecule has 2 aromatic carbocycles. The van der Waals surface area contributed by atoms with Crippen LogP contribution in [0.3, 0.4) is 0 Å². The van der Waals surface area contributed by atoms with Crippen LogP contribution in [0.4, 0.5) is 4.39 Å². The van der Waals surface area contributed by atoms with Crippen molar-refractivity contribution in [3.05, 3.63) is 71.0 Å². The zero-order chi connectivity index (χ0) is 13.9. The molecular weight excluding hydrogens is 295 g/mol. The zero-order valence-electron chi connectivity index (χ0n) is 10.3. The van der Waals surface area contributed by atoms with Gasteiger partial charge in [-0.1, -0.05) is 41.7 Å². The van der Waals surface area contributed by atoms with Crippen LogP contribution in [-0.2, 0) is 0 Å². The molecule has 5 heteroatoms. The minimum absolute atomic E-state index is 0.266. The van der Waals surface area contributed by atoms with Gasteiger partial charge in [0.05, 0.1) is 0 Å². The Labute approximate surface area is 124 Å². The molecular formula is C15H10ClFN2S. The Morgan fingerprint density at radius 3 is 2.35 bits per heavy atom. The molecule has 2 nitrogen and oxygen atoms in total. The second-order valence-electron chi connectivity index (χ2n) is 4.23. The third kappa shape index (κ3) is 2.71. The molecule has 0 aliphatic heterocycles. The van der Waals surface area contributed by atoms with E-state index >= 15 is 0 Å². The van der Waals surface area contributed by atoms with E-state index in [4.69, 9.17) is 11.6 Å². The monoisotopic (exact) mass is 304 g/mol. The number of hydrogen-bond acceptors (Lipinski definition) is 3. The van der Waals surface area contributed by atoms with E-state index in [1.807, 2.05) is 30.3 Å². The van der Waals surface area contributed by atoms with Crippen LogP contribution in [0.2, 0.25) is 0 Å². The van der Waals surface area contributed by atoms with Gasteiger partial charge in [0.1, 0.15) is 21.2 Å². The van der Waals surface area contributed by atoms with Gasteiger partial charge in [0, 0.05) is 5.56 Å². The highest BCUT2D eigenvalue weighted by Crippen LogP contribution is 2.33. The topological polar surface area (TPSA) is 25.8 Å². The van der Waals surface area contributed by atoms with Crippen molar-refractivity contribution in [2.24, 2.45) is 0 Å². The maximum atomic E-state index is 12.9. The number of aromatic nitrogens is 2. The number of halogens is 2. The van der Waals surface area contributed by atoms with Gasteiger partial charge in [0.25, 0.3) is 0 Å². The molecule has 0 N–H and O–H groups in total. The van der Waals surface area contributed by atoms with Crippen LogP contribution < -0.4 is 0 Å². The lowest BCUT2D eigenvalue weighted by Crippen LogP contribution is -1.91. The van der Waals surface area contributed by atoms with Crippen molar-refractivity contribution in [1.82, 2.24) is 10.2 Å². The normalized spacial score (nSPS) is 12.3. The Balaban J connectivity index is 1.89. The first-order valence-corrected chi connectivity index (χ1v) is 7.27. The largest absolute Gasteiger partial charge is 0.207 e. The van der Waals surface area contributed by atoms with Crippen molar-refractivity contribution in [1.29, 1.82) is 0 Å². The molecule has 0 fully saturated rings. The van der Waals surface area contributed by atoms with Gasteiger partial charge in [-0.3, -0.25) is 0 Å². The van der Waals surface area contributed by atoms with Gasteiger partial charge in [-0.15, -0.1) is 21.8 Å². The van der Waals surface area contributed by atoms with Crippen molar-refractivity contribution in [3.8, 4) is 10.6 Å². The highest BCUT2D eigenvalue weighted by molar-refractivity contribution is 7.15. The van der Waals surface area contributed by atoms with Crippen LogP contribution in [0.25, 0.3) is 10.6 Å². The fraction of sp³-hybridized carbons (Fsp3) is 0.0667. The molecule has 1 atom stereocenters. The second kappa shape index (κ2) is 5.69. The third-order valence-corrected chi connectivity index (χ3v) is 4.47. The maximum absolute atomic E-state index is 12.9. The lowest BCUT2D eigenvalue weighted by atomic mass is 10.1. The summed E-state index contributed by atoms with van der Waals surface area (Å²) >= 11 is 7.82. The molecule has 0 aliphatic rings. The Morgan fingerprint density at radius 2 is 1.65 bits per heavy atom. The van der Waals surface area contributed by atoms with E-state index < -0.39 is 0 Å². The molecule has 0 saturated heterocycles. The summed E-state index contributed by atoms with van der Waals surface area (Å²) in [5.74, 6) is -0.266. The van der Waals surface area contributed by atoms with Gasteiger partial charge >= 0.3 is 0 Å². The molecule has 0 saturated carbocycles. The van der Waals surface area contributed by atoms with Crippen molar-refractivity contribution in [2.75, 3.05) is 0 Å². The molecule has 100 valence electrons. The van der Waals surface area contributed by atoms with Crippen molar-refractivity contribution < 1.29 is 4.39 Å². The average Bonchev–Trinajstić information content (AvgIpc) is 2.98. The fourth-order valence-corrected chi connectivity index (χ4v) is 2.99. The van der Waals surface area contributed by atoms with Crippen molar-refractivity contribution in [3.63, 3.8) is 0 Å². The van der Waals surface area contributed by atoms with E-state index in [0.29, 0.717) is 0 Å². The number of benzene rings is 2. The van der Waals surface area contributed by atoms with Crippen LogP contribution in [0.15, 0.2) is 54.6 Å². The van der Waals surface area contributed by atoms with E-state index in [1.165, 1.54) is 23.5 Å². The van der Waals surface area contributed by atoms with Gasteiger partial charge in [-0.05, 0) is 29.8 Å². The van der Waals surface area contributed by atoms with Crippen molar-refractivity contribution in [2.45, 2.75) is 5.38 Å². The fourth-order valence-electron chi connectivity index (χ4n) is 1.81. The van der Waals surface area contributed by atoms with Gasteiger partial charge in [-0.2, -0.15) is 0 Å². The number of hydrogen-bond donors (Lipinski definition) is 0.